The first-order valence-corrected chi connectivity index (χ1v) is 6.15. The summed E-state index contributed by atoms with van der Waals surface area (Å²) in [5.41, 5.74) is 5.34. The number of rotatable bonds is 6. The third-order valence-electron chi connectivity index (χ3n) is 1.95. The molecule has 0 fully saturated rings. The summed E-state index contributed by atoms with van der Waals surface area (Å²) in [5.74, 6) is -3.64. The van der Waals surface area contributed by atoms with E-state index >= 15 is 0 Å². The summed E-state index contributed by atoms with van der Waals surface area (Å²) < 4.78 is 0. The van der Waals surface area contributed by atoms with Crippen molar-refractivity contribution in [1.29, 1.82) is 0 Å². The minimum Gasteiger partial charge on any atom is -0.473 e. The molecule has 0 aromatic carbocycles. The SMILES string of the molecule is CC(O)CCCC(=O)NCC(C)(C)N.O=C(O)C(=O)O. The van der Waals surface area contributed by atoms with Crippen molar-refractivity contribution >= 4 is 17.8 Å². The fourth-order valence-electron chi connectivity index (χ4n) is 0.973. The lowest BCUT2D eigenvalue weighted by Crippen LogP contribution is -2.45. The largest absolute Gasteiger partial charge is 0.473 e. The molecule has 8 heteroatoms. The van der Waals surface area contributed by atoms with Gasteiger partial charge in [-0.2, -0.15) is 0 Å². The Bertz CT molecular complexity index is 310. The molecule has 1 unspecified atom stereocenters. The normalized spacial score (nSPS) is 11.8. The van der Waals surface area contributed by atoms with Gasteiger partial charge in [0.15, 0.2) is 0 Å². The maximum Gasteiger partial charge on any atom is 0.414 e. The van der Waals surface area contributed by atoms with Gasteiger partial charge in [0.2, 0.25) is 5.91 Å². The molecule has 118 valence electrons. The van der Waals surface area contributed by atoms with E-state index in [4.69, 9.17) is 30.6 Å². The number of aliphatic hydroxyl groups is 1. The second kappa shape index (κ2) is 10.2. The molecule has 0 bridgehead atoms. The van der Waals surface area contributed by atoms with E-state index in [0.717, 1.165) is 0 Å². The van der Waals surface area contributed by atoms with E-state index in [1.807, 2.05) is 13.8 Å². The molecule has 0 spiro atoms. The van der Waals surface area contributed by atoms with E-state index in [0.29, 0.717) is 25.8 Å². The highest BCUT2D eigenvalue weighted by Crippen LogP contribution is 2.00. The van der Waals surface area contributed by atoms with Gasteiger partial charge in [-0.25, -0.2) is 9.59 Å². The van der Waals surface area contributed by atoms with Crippen molar-refractivity contribution in [1.82, 2.24) is 5.32 Å². The first kappa shape index (κ1) is 20.6. The molecule has 0 aromatic heterocycles. The first-order chi connectivity index (χ1) is 8.95. The molecule has 0 aliphatic carbocycles. The number of nitrogens with one attached hydrogen (secondary N) is 1. The lowest BCUT2D eigenvalue weighted by molar-refractivity contribution is -0.159. The average Bonchev–Trinajstić information content (AvgIpc) is 2.25. The van der Waals surface area contributed by atoms with Crippen molar-refractivity contribution in [3.05, 3.63) is 0 Å². The van der Waals surface area contributed by atoms with Crippen molar-refractivity contribution in [2.75, 3.05) is 6.54 Å². The van der Waals surface area contributed by atoms with Crippen LogP contribution in [0.15, 0.2) is 0 Å². The minimum absolute atomic E-state index is 0.00387. The van der Waals surface area contributed by atoms with Gasteiger partial charge in [-0.3, -0.25) is 4.79 Å². The maximum atomic E-state index is 11.2. The first-order valence-electron chi connectivity index (χ1n) is 6.15. The number of aliphatic hydroxyl groups excluding tert-OH is 1. The molecule has 1 amide bonds. The van der Waals surface area contributed by atoms with E-state index in [-0.39, 0.29) is 17.6 Å². The lowest BCUT2D eigenvalue weighted by atomic mass is 10.1. The summed E-state index contributed by atoms with van der Waals surface area (Å²) in [7, 11) is 0. The Morgan fingerprint density at radius 1 is 1.20 bits per heavy atom. The van der Waals surface area contributed by atoms with Crippen LogP contribution in [0.5, 0.6) is 0 Å². The van der Waals surface area contributed by atoms with Crippen LogP contribution in [0.1, 0.15) is 40.0 Å². The molecule has 0 radical (unpaired) electrons. The highest BCUT2D eigenvalue weighted by atomic mass is 16.4. The topological polar surface area (TPSA) is 150 Å². The standard InChI is InChI=1S/C10H22N2O2.C2H2O4/c1-8(13)5-4-6-9(14)12-7-10(2,3)11;3-1(4)2(5)6/h8,13H,4-7,11H2,1-3H3,(H,12,14);(H,3,4)(H,5,6). The van der Waals surface area contributed by atoms with Crippen molar-refractivity contribution in [3.8, 4) is 0 Å². The molecule has 1 atom stereocenters. The highest BCUT2D eigenvalue weighted by molar-refractivity contribution is 6.27. The van der Waals surface area contributed by atoms with Gasteiger partial charge in [-0.1, -0.05) is 0 Å². The molecule has 6 N–H and O–H groups in total. The summed E-state index contributed by atoms with van der Waals surface area (Å²) in [6.07, 6.45) is 1.52. The van der Waals surface area contributed by atoms with Gasteiger partial charge in [0, 0.05) is 18.5 Å². The van der Waals surface area contributed by atoms with Crippen LogP contribution in [0.3, 0.4) is 0 Å². The van der Waals surface area contributed by atoms with Crippen LogP contribution < -0.4 is 11.1 Å². The Hall–Kier alpha value is -1.67. The van der Waals surface area contributed by atoms with E-state index in [2.05, 4.69) is 5.32 Å². The van der Waals surface area contributed by atoms with Gasteiger partial charge < -0.3 is 26.4 Å². The van der Waals surface area contributed by atoms with Gasteiger partial charge in [0.25, 0.3) is 0 Å². The van der Waals surface area contributed by atoms with Crippen LogP contribution in [0, 0.1) is 0 Å². The number of carbonyl (C=O) groups excluding carboxylic acids is 1. The van der Waals surface area contributed by atoms with Crippen LogP contribution >= 0.6 is 0 Å². The number of amides is 1. The lowest BCUT2D eigenvalue weighted by Gasteiger charge is -2.18. The third-order valence-corrected chi connectivity index (χ3v) is 1.95. The van der Waals surface area contributed by atoms with E-state index < -0.39 is 11.9 Å². The third kappa shape index (κ3) is 18.7. The number of carboxylic acids is 2. The van der Waals surface area contributed by atoms with Crippen molar-refractivity contribution in [2.45, 2.75) is 51.7 Å². The zero-order chi connectivity index (χ0) is 16.3. The van der Waals surface area contributed by atoms with Crippen LogP contribution in [0.25, 0.3) is 0 Å². The molecule has 0 aromatic rings. The number of hydrogen-bond acceptors (Lipinski definition) is 5. The fraction of sp³-hybridized carbons (Fsp3) is 0.750. The van der Waals surface area contributed by atoms with E-state index in [9.17, 15) is 4.79 Å². The highest BCUT2D eigenvalue weighted by Gasteiger charge is 2.11. The summed E-state index contributed by atoms with van der Waals surface area (Å²) >= 11 is 0. The predicted octanol–water partition coefficient (Wildman–Crippen LogP) is -0.453. The fourth-order valence-corrected chi connectivity index (χ4v) is 0.973. The number of carbonyl (C=O) groups is 3. The molecule has 0 saturated heterocycles. The number of nitrogens with two attached hydrogens (primary N) is 1. The van der Waals surface area contributed by atoms with Gasteiger partial charge in [0.05, 0.1) is 6.10 Å². The van der Waals surface area contributed by atoms with Gasteiger partial charge in [-0.15, -0.1) is 0 Å². The molecule has 20 heavy (non-hydrogen) atoms. The second-order valence-corrected chi connectivity index (χ2v) is 5.12. The molecule has 0 aliphatic heterocycles. The Kier molecular flexibility index (Phi) is 10.5. The molecular weight excluding hydrogens is 268 g/mol. The second-order valence-electron chi connectivity index (χ2n) is 5.12. The minimum atomic E-state index is -1.82. The van der Waals surface area contributed by atoms with Crippen molar-refractivity contribution in [2.24, 2.45) is 5.73 Å². The number of carboxylic acid groups (broad SMARTS) is 2. The average molecular weight is 292 g/mol. The zero-order valence-corrected chi connectivity index (χ0v) is 12.0. The molecule has 0 rings (SSSR count). The van der Waals surface area contributed by atoms with Crippen molar-refractivity contribution < 1.29 is 29.7 Å². The van der Waals surface area contributed by atoms with Gasteiger partial charge >= 0.3 is 11.9 Å². The number of aliphatic carboxylic acids is 2. The predicted molar refractivity (Wildman–Crippen MR) is 72.1 cm³/mol. The Morgan fingerprint density at radius 3 is 1.95 bits per heavy atom. The molecule has 8 nitrogen and oxygen atoms in total. The van der Waals surface area contributed by atoms with Crippen LogP contribution in [0.4, 0.5) is 0 Å². The Morgan fingerprint density at radius 2 is 1.65 bits per heavy atom. The molecular formula is C12H24N2O6. The summed E-state index contributed by atoms with van der Waals surface area (Å²) in [4.78, 5) is 29.4. The van der Waals surface area contributed by atoms with Crippen LogP contribution in [-0.2, 0) is 14.4 Å². The van der Waals surface area contributed by atoms with E-state index in [1.165, 1.54) is 0 Å². The van der Waals surface area contributed by atoms with Crippen molar-refractivity contribution in [3.63, 3.8) is 0 Å². The summed E-state index contributed by atoms with van der Waals surface area (Å²) in [5, 5.41) is 26.5. The summed E-state index contributed by atoms with van der Waals surface area (Å²) in [6.45, 7) is 5.94. The smallest absolute Gasteiger partial charge is 0.414 e. The van der Waals surface area contributed by atoms with E-state index in [1.54, 1.807) is 6.92 Å². The monoisotopic (exact) mass is 292 g/mol. The van der Waals surface area contributed by atoms with Gasteiger partial charge in [-0.05, 0) is 33.6 Å². The zero-order valence-electron chi connectivity index (χ0n) is 12.0. The quantitative estimate of drug-likeness (QED) is 0.416. The van der Waals surface area contributed by atoms with Gasteiger partial charge in [0.1, 0.15) is 0 Å². The maximum absolute atomic E-state index is 11.2. The Balaban J connectivity index is 0. The Labute approximate surface area is 118 Å². The molecule has 0 saturated carbocycles. The molecule has 0 heterocycles. The van der Waals surface area contributed by atoms with Crippen LogP contribution in [-0.4, -0.2) is 51.4 Å². The van der Waals surface area contributed by atoms with Crippen LogP contribution in [0.2, 0.25) is 0 Å². The summed E-state index contributed by atoms with van der Waals surface area (Å²) in [6, 6.07) is 0. The molecule has 0 aliphatic rings. The number of hydrogen-bond donors (Lipinski definition) is 5.